The van der Waals surface area contributed by atoms with Crippen LogP contribution in [0.25, 0.3) is 0 Å². The largest absolute Gasteiger partial charge is 0.368 e. The highest BCUT2D eigenvalue weighted by Crippen LogP contribution is 2.40. The van der Waals surface area contributed by atoms with E-state index in [1.54, 1.807) is 0 Å². The van der Waals surface area contributed by atoms with Gasteiger partial charge in [0.1, 0.15) is 5.54 Å². The van der Waals surface area contributed by atoms with Crippen molar-refractivity contribution in [3.05, 3.63) is 29.8 Å². The second-order valence-corrected chi connectivity index (χ2v) is 7.06. The Morgan fingerprint density at radius 3 is 2.32 bits per heavy atom. The number of hydrogen-bond donors (Lipinski definition) is 3. The summed E-state index contributed by atoms with van der Waals surface area (Å²) < 4.78 is 0. The number of carbonyl (C=O) groups excluding carboxylic acids is 2. The standard InChI is InChI=1S/C17H25N3O2/c1-12-5-4-6-13(11-12)19-15(22)20-17(14(18)21)9-7-16(2,3)8-10-17/h4-6,11H,7-10H2,1-3H3,(H2,18,21)(H2,19,20,22). The van der Waals surface area contributed by atoms with E-state index < -0.39 is 11.4 Å². The lowest BCUT2D eigenvalue weighted by molar-refractivity contribution is -0.126. The van der Waals surface area contributed by atoms with E-state index in [9.17, 15) is 9.59 Å². The van der Waals surface area contributed by atoms with Gasteiger partial charge in [-0.3, -0.25) is 4.79 Å². The van der Waals surface area contributed by atoms with E-state index in [0.717, 1.165) is 18.4 Å². The summed E-state index contributed by atoms with van der Waals surface area (Å²) in [6.45, 7) is 6.30. The molecule has 0 spiro atoms. The van der Waals surface area contributed by atoms with E-state index in [2.05, 4.69) is 24.5 Å². The van der Waals surface area contributed by atoms with Crippen LogP contribution in [-0.2, 0) is 4.79 Å². The van der Waals surface area contributed by atoms with Gasteiger partial charge in [-0.1, -0.05) is 26.0 Å². The Bertz CT molecular complexity index is 571. The van der Waals surface area contributed by atoms with Gasteiger partial charge in [0.05, 0.1) is 0 Å². The molecule has 5 nitrogen and oxygen atoms in total. The lowest BCUT2D eigenvalue weighted by atomic mass is 9.69. The molecule has 0 aliphatic heterocycles. The second-order valence-electron chi connectivity index (χ2n) is 7.06. The molecule has 1 aromatic rings. The minimum Gasteiger partial charge on any atom is -0.368 e. The number of urea groups is 1. The summed E-state index contributed by atoms with van der Waals surface area (Å²) >= 11 is 0. The van der Waals surface area contributed by atoms with Crippen LogP contribution < -0.4 is 16.4 Å². The quantitative estimate of drug-likeness (QED) is 0.802. The van der Waals surface area contributed by atoms with E-state index >= 15 is 0 Å². The summed E-state index contributed by atoms with van der Waals surface area (Å²) in [4.78, 5) is 24.1. The minimum atomic E-state index is -0.941. The molecule has 120 valence electrons. The van der Waals surface area contributed by atoms with Crippen molar-refractivity contribution in [1.29, 1.82) is 0 Å². The third-order valence-corrected chi connectivity index (χ3v) is 4.56. The first-order valence-electron chi connectivity index (χ1n) is 7.68. The van der Waals surface area contributed by atoms with Crippen LogP contribution in [0.1, 0.15) is 45.1 Å². The smallest absolute Gasteiger partial charge is 0.320 e. The average molecular weight is 303 g/mol. The van der Waals surface area contributed by atoms with Gasteiger partial charge in [0.25, 0.3) is 0 Å². The maximum Gasteiger partial charge on any atom is 0.320 e. The fourth-order valence-electron chi connectivity index (χ4n) is 2.89. The molecule has 1 aromatic carbocycles. The topological polar surface area (TPSA) is 84.2 Å². The van der Waals surface area contributed by atoms with Crippen LogP contribution in [0, 0.1) is 12.3 Å². The van der Waals surface area contributed by atoms with E-state index in [-0.39, 0.29) is 11.4 Å². The van der Waals surface area contributed by atoms with Gasteiger partial charge in [-0.25, -0.2) is 4.79 Å². The van der Waals surface area contributed by atoms with Crippen molar-refractivity contribution in [3.8, 4) is 0 Å². The highest BCUT2D eigenvalue weighted by Gasteiger charge is 2.43. The Morgan fingerprint density at radius 1 is 1.14 bits per heavy atom. The van der Waals surface area contributed by atoms with Crippen LogP contribution in [0.2, 0.25) is 0 Å². The summed E-state index contributed by atoms with van der Waals surface area (Å²) in [5.74, 6) is -0.456. The number of hydrogen-bond acceptors (Lipinski definition) is 2. The van der Waals surface area contributed by atoms with Gasteiger partial charge in [0.2, 0.25) is 5.91 Å². The number of primary amides is 1. The lowest BCUT2D eigenvalue weighted by Gasteiger charge is -2.41. The molecule has 3 amide bonds. The van der Waals surface area contributed by atoms with Gasteiger partial charge in [0.15, 0.2) is 0 Å². The SMILES string of the molecule is Cc1cccc(NC(=O)NC2(C(N)=O)CCC(C)(C)CC2)c1. The fourth-order valence-corrected chi connectivity index (χ4v) is 2.89. The van der Waals surface area contributed by atoms with Crippen LogP contribution in [0.5, 0.6) is 0 Å². The lowest BCUT2D eigenvalue weighted by Crippen LogP contribution is -2.60. The second kappa shape index (κ2) is 5.99. The molecule has 1 fully saturated rings. The molecule has 1 aliphatic carbocycles. The highest BCUT2D eigenvalue weighted by molar-refractivity contribution is 5.95. The zero-order valence-electron chi connectivity index (χ0n) is 13.5. The van der Waals surface area contributed by atoms with Crippen LogP contribution in [0.4, 0.5) is 10.5 Å². The molecule has 0 saturated heterocycles. The molecule has 1 aliphatic rings. The van der Waals surface area contributed by atoms with Gasteiger partial charge in [-0.2, -0.15) is 0 Å². The molecule has 2 rings (SSSR count). The van der Waals surface area contributed by atoms with Gasteiger partial charge < -0.3 is 16.4 Å². The van der Waals surface area contributed by atoms with Gasteiger partial charge >= 0.3 is 6.03 Å². The monoisotopic (exact) mass is 303 g/mol. The molecule has 0 heterocycles. The van der Waals surface area contributed by atoms with Crippen molar-refractivity contribution in [1.82, 2.24) is 5.32 Å². The molecule has 5 heteroatoms. The van der Waals surface area contributed by atoms with Crippen LogP contribution in [0.3, 0.4) is 0 Å². The number of anilines is 1. The Balaban J connectivity index is 2.05. The average Bonchev–Trinajstić information content (AvgIpc) is 2.41. The van der Waals surface area contributed by atoms with Gasteiger partial charge in [-0.05, 0) is 55.7 Å². The van der Waals surface area contributed by atoms with Crippen molar-refractivity contribution < 1.29 is 9.59 Å². The number of carbonyl (C=O) groups is 2. The number of benzene rings is 1. The van der Waals surface area contributed by atoms with E-state index in [4.69, 9.17) is 5.73 Å². The Morgan fingerprint density at radius 2 is 1.77 bits per heavy atom. The first-order valence-corrected chi connectivity index (χ1v) is 7.68. The molecule has 0 bridgehead atoms. The first-order chi connectivity index (χ1) is 10.2. The zero-order chi connectivity index (χ0) is 16.4. The maximum atomic E-state index is 12.2. The number of amides is 3. The highest BCUT2D eigenvalue weighted by atomic mass is 16.2. The van der Waals surface area contributed by atoms with Crippen LogP contribution >= 0.6 is 0 Å². The summed E-state index contributed by atoms with van der Waals surface area (Å²) in [6.07, 6.45) is 2.88. The van der Waals surface area contributed by atoms with Gasteiger partial charge in [0, 0.05) is 5.69 Å². The minimum absolute atomic E-state index is 0.188. The molecule has 0 unspecified atom stereocenters. The molecule has 22 heavy (non-hydrogen) atoms. The third-order valence-electron chi connectivity index (χ3n) is 4.56. The number of nitrogens with two attached hydrogens (primary N) is 1. The Kier molecular flexibility index (Phi) is 4.44. The number of rotatable bonds is 3. The van der Waals surface area contributed by atoms with E-state index in [0.29, 0.717) is 18.5 Å². The van der Waals surface area contributed by atoms with Crippen molar-refractivity contribution >= 4 is 17.6 Å². The molecule has 0 aromatic heterocycles. The number of aryl methyl sites for hydroxylation is 1. The molecule has 0 radical (unpaired) electrons. The molecular weight excluding hydrogens is 278 g/mol. The summed E-state index contributed by atoms with van der Waals surface area (Å²) in [5, 5.41) is 5.59. The first kappa shape index (κ1) is 16.3. The van der Waals surface area contributed by atoms with E-state index in [1.807, 2.05) is 31.2 Å². The predicted octanol–water partition coefficient (Wildman–Crippen LogP) is 2.94. The van der Waals surface area contributed by atoms with Crippen LogP contribution in [-0.4, -0.2) is 17.5 Å². The summed E-state index contributed by atoms with van der Waals surface area (Å²) in [7, 11) is 0. The predicted molar refractivity (Wildman–Crippen MR) is 87.5 cm³/mol. The molecular formula is C17H25N3O2. The van der Waals surface area contributed by atoms with E-state index in [1.165, 1.54) is 0 Å². The fraction of sp³-hybridized carbons (Fsp3) is 0.529. The van der Waals surface area contributed by atoms with Crippen molar-refractivity contribution in [2.24, 2.45) is 11.1 Å². The summed E-state index contributed by atoms with van der Waals surface area (Å²) in [5.41, 5.74) is 6.58. The molecule has 0 atom stereocenters. The molecule has 1 saturated carbocycles. The number of nitrogens with one attached hydrogen (secondary N) is 2. The third kappa shape index (κ3) is 3.78. The van der Waals surface area contributed by atoms with Gasteiger partial charge in [-0.15, -0.1) is 0 Å². The van der Waals surface area contributed by atoms with Crippen molar-refractivity contribution in [2.45, 2.75) is 52.0 Å². The normalized spacial score (nSPS) is 19.2. The molecule has 4 N–H and O–H groups in total. The van der Waals surface area contributed by atoms with Crippen molar-refractivity contribution in [3.63, 3.8) is 0 Å². The van der Waals surface area contributed by atoms with Crippen LogP contribution in [0.15, 0.2) is 24.3 Å². The maximum absolute atomic E-state index is 12.2. The Hall–Kier alpha value is -2.04. The Labute approximate surface area is 131 Å². The summed E-state index contributed by atoms with van der Waals surface area (Å²) in [6, 6.07) is 7.13. The zero-order valence-corrected chi connectivity index (χ0v) is 13.5. The van der Waals surface area contributed by atoms with Crippen molar-refractivity contribution in [2.75, 3.05) is 5.32 Å².